The third-order valence-corrected chi connectivity index (χ3v) is 6.04. The molecule has 3 aromatic carbocycles. The van der Waals surface area contributed by atoms with Gasteiger partial charge in [0, 0.05) is 23.2 Å². The van der Waals surface area contributed by atoms with E-state index in [4.69, 9.17) is 0 Å². The van der Waals surface area contributed by atoms with Crippen LogP contribution in [0.5, 0.6) is 0 Å². The third kappa shape index (κ3) is 3.35. The number of rotatable bonds is 4. The van der Waals surface area contributed by atoms with Crippen LogP contribution >= 0.6 is 0 Å². The molecule has 0 aromatic heterocycles. The molecule has 3 nitrogen and oxygen atoms in total. The summed E-state index contributed by atoms with van der Waals surface area (Å²) in [6, 6.07) is 25.6. The Labute approximate surface area is 148 Å². The molecule has 1 aliphatic rings. The highest BCUT2D eigenvalue weighted by molar-refractivity contribution is 7.96. The molecule has 0 aliphatic carbocycles. The maximum atomic E-state index is 13.2. The van der Waals surface area contributed by atoms with Crippen molar-refractivity contribution in [3.05, 3.63) is 95.4 Å². The minimum absolute atomic E-state index is 0.736. The first kappa shape index (κ1) is 15.7. The van der Waals surface area contributed by atoms with Crippen molar-refractivity contribution in [2.24, 2.45) is 4.36 Å². The van der Waals surface area contributed by atoms with E-state index in [-0.39, 0.29) is 0 Å². The monoisotopic (exact) mass is 346 g/mol. The molecule has 4 heteroatoms. The maximum absolute atomic E-state index is 13.2. The first-order valence-corrected chi connectivity index (χ1v) is 9.73. The summed E-state index contributed by atoms with van der Waals surface area (Å²) < 4.78 is 17.8. The topological polar surface area (TPSA) is 41.5 Å². The standard InChI is InChI=1S/C21H18N2OS/c24-25(20-9-5-2-6-10-20)14-13-18-11-12-19(15-21(18)23-25)22-16-17-7-3-1-4-8-17/h1-15,22H,16H2/t25-/m1/s1. The first-order chi connectivity index (χ1) is 12.2. The van der Waals surface area contributed by atoms with Gasteiger partial charge in [0.05, 0.1) is 10.6 Å². The number of nitrogens with one attached hydrogen (secondary N) is 1. The quantitative estimate of drug-likeness (QED) is 0.683. The van der Waals surface area contributed by atoms with E-state index in [9.17, 15) is 4.21 Å². The molecule has 0 amide bonds. The lowest BCUT2D eigenvalue weighted by Gasteiger charge is -2.14. The van der Waals surface area contributed by atoms with E-state index >= 15 is 0 Å². The maximum Gasteiger partial charge on any atom is 0.102 e. The number of fused-ring (bicyclic) bond motifs is 1. The van der Waals surface area contributed by atoms with E-state index in [1.54, 1.807) is 5.41 Å². The Hall–Kier alpha value is -2.85. The molecule has 0 saturated heterocycles. The molecule has 1 N–H and O–H groups in total. The Balaban J connectivity index is 1.64. The van der Waals surface area contributed by atoms with Crippen molar-refractivity contribution < 1.29 is 4.21 Å². The van der Waals surface area contributed by atoms with Crippen LogP contribution in [0.15, 0.2) is 93.5 Å². The molecule has 0 fully saturated rings. The van der Waals surface area contributed by atoms with Gasteiger partial charge in [-0.1, -0.05) is 54.6 Å². The van der Waals surface area contributed by atoms with E-state index in [1.165, 1.54) is 5.56 Å². The Bertz CT molecular complexity index is 1030. The van der Waals surface area contributed by atoms with Gasteiger partial charge in [0.25, 0.3) is 0 Å². The number of anilines is 1. The molecular formula is C21H18N2OS. The Kier molecular flexibility index (Phi) is 4.12. The summed E-state index contributed by atoms with van der Waals surface area (Å²) in [5.74, 6) is 0. The van der Waals surface area contributed by atoms with Crippen molar-refractivity contribution in [3.8, 4) is 0 Å². The van der Waals surface area contributed by atoms with Gasteiger partial charge in [-0.05, 0) is 35.9 Å². The van der Waals surface area contributed by atoms with Crippen LogP contribution in [-0.4, -0.2) is 4.21 Å². The van der Waals surface area contributed by atoms with Crippen LogP contribution in [-0.2, 0) is 16.3 Å². The molecule has 1 atom stereocenters. The predicted molar refractivity (Wildman–Crippen MR) is 104 cm³/mol. The van der Waals surface area contributed by atoms with Crippen molar-refractivity contribution in [1.82, 2.24) is 0 Å². The fourth-order valence-electron chi connectivity index (χ4n) is 2.76. The van der Waals surface area contributed by atoms with E-state index < -0.39 is 9.73 Å². The van der Waals surface area contributed by atoms with Gasteiger partial charge in [-0.2, -0.15) is 4.36 Å². The predicted octanol–water partition coefficient (Wildman–Crippen LogP) is 5.44. The minimum Gasteiger partial charge on any atom is -0.381 e. The van der Waals surface area contributed by atoms with E-state index in [1.807, 2.05) is 72.8 Å². The largest absolute Gasteiger partial charge is 0.381 e. The van der Waals surface area contributed by atoms with Gasteiger partial charge in [0.1, 0.15) is 9.73 Å². The first-order valence-electron chi connectivity index (χ1n) is 8.15. The second kappa shape index (κ2) is 6.57. The van der Waals surface area contributed by atoms with Crippen LogP contribution < -0.4 is 5.32 Å². The summed E-state index contributed by atoms with van der Waals surface area (Å²) in [6.45, 7) is 0.740. The zero-order chi connectivity index (χ0) is 17.1. The fourth-order valence-corrected chi connectivity index (χ4v) is 4.41. The molecular weight excluding hydrogens is 328 g/mol. The van der Waals surface area contributed by atoms with Gasteiger partial charge in [-0.15, -0.1) is 0 Å². The number of hydrogen-bond donors (Lipinski definition) is 1. The van der Waals surface area contributed by atoms with Crippen molar-refractivity contribution in [1.29, 1.82) is 0 Å². The summed E-state index contributed by atoms with van der Waals surface area (Å²) in [5, 5.41) is 5.11. The van der Waals surface area contributed by atoms with Crippen LogP contribution in [0.2, 0.25) is 0 Å². The lowest BCUT2D eigenvalue weighted by molar-refractivity contribution is 0.682. The highest BCUT2D eigenvalue weighted by Crippen LogP contribution is 2.33. The van der Waals surface area contributed by atoms with Crippen molar-refractivity contribution in [2.75, 3.05) is 5.32 Å². The van der Waals surface area contributed by atoms with Gasteiger partial charge in [-0.3, -0.25) is 0 Å². The minimum atomic E-state index is -2.55. The summed E-state index contributed by atoms with van der Waals surface area (Å²) in [6.07, 6.45) is 1.90. The lowest BCUT2D eigenvalue weighted by Crippen LogP contribution is -2.01. The van der Waals surface area contributed by atoms with Crippen molar-refractivity contribution >= 4 is 27.2 Å². The molecule has 1 aliphatic heterocycles. The van der Waals surface area contributed by atoms with Crippen molar-refractivity contribution in [2.45, 2.75) is 11.4 Å². The van der Waals surface area contributed by atoms with Gasteiger partial charge in [0.15, 0.2) is 0 Å². The zero-order valence-corrected chi connectivity index (χ0v) is 14.4. The van der Waals surface area contributed by atoms with Crippen molar-refractivity contribution in [3.63, 3.8) is 0 Å². The average Bonchev–Trinajstić information content (AvgIpc) is 2.67. The van der Waals surface area contributed by atoms with Gasteiger partial charge in [0.2, 0.25) is 0 Å². The molecule has 25 heavy (non-hydrogen) atoms. The molecule has 1 heterocycles. The average molecular weight is 346 g/mol. The second-order valence-corrected chi connectivity index (χ2v) is 7.95. The molecule has 0 bridgehead atoms. The van der Waals surface area contributed by atoms with E-state index in [2.05, 4.69) is 21.8 Å². The van der Waals surface area contributed by atoms with Crippen LogP contribution in [0, 0.1) is 0 Å². The smallest absolute Gasteiger partial charge is 0.102 e. The number of nitrogens with zero attached hydrogens (tertiary/aromatic N) is 1. The Morgan fingerprint density at radius 1 is 0.880 bits per heavy atom. The Morgan fingerprint density at radius 3 is 2.36 bits per heavy atom. The number of benzene rings is 3. The highest BCUT2D eigenvalue weighted by Gasteiger charge is 2.15. The van der Waals surface area contributed by atoms with Crippen LogP contribution in [0.25, 0.3) is 6.08 Å². The zero-order valence-electron chi connectivity index (χ0n) is 13.6. The molecule has 4 rings (SSSR count). The third-order valence-electron chi connectivity index (χ3n) is 4.12. The van der Waals surface area contributed by atoms with Gasteiger partial charge < -0.3 is 5.32 Å². The molecule has 0 unspecified atom stereocenters. The Morgan fingerprint density at radius 2 is 1.60 bits per heavy atom. The molecule has 124 valence electrons. The summed E-state index contributed by atoms with van der Waals surface area (Å²) in [4.78, 5) is 0.736. The molecule has 0 radical (unpaired) electrons. The molecule has 0 saturated carbocycles. The van der Waals surface area contributed by atoms with Crippen LogP contribution in [0.1, 0.15) is 11.1 Å². The second-order valence-electron chi connectivity index (χ2n) is 5.89. The van der Waals surface area contributed by atoms with Crippen LogP contribution in [0.4, 0.5) is 11.4 Å². The summed E-state index contributed by atoms with van der Waals surface area (Å²) >= 11 is 0. The molecule has 3 aromatic rings. The van der Waals surface area contributed by atoms with Crippen LogP contribution in [0.3, 0.4) is 0 Å². The van der Waals surface area contributed by atoms with E-state index in [0.717, 1.165) is 28.4 Å². The van der Waals surface area contributed by atoms with E-state index in [0.29, 0.717) is 0 Å². The molecule has 0 spiro atoms. The highest BCUT2D eigenvalue weighted by atomic mass is 32.2. The summed E-state index contributed by atoms with van der Waals surface area (Å²) in [5.41, 5.74) is 3.93. The lowest BCUT2D eigenvalue weighted by atomic mass is 10.1. The fraction of sp³-hybridized carbons (Fsp3) is 0.0476. The number of hydrogen-bond acceptors (Lipinski definition) is 3. The summed E-state index contributed by atoms with van der Waals surface area (Å²) in [7, 11) is -2.55. The van der Waals surface area contributed by atoms with Gasteiger partial charge >= 0.3 is 0 Å². The SMILES string of the molecule is O=[S@]1(c2ccccc2)=Nc2cc(NCc3ccccc3)ccc2C=C1. The van der Waals surface area contributed by atoms with Gasteiger partial charge in [-0.25, -0.2) is 4.21 Å². The normalized spacial score (nSPS) is 18.2.